The maximum Gasteiger partial charge on any atom is 0.257 e. The molecule has 0 unspecified atom stereocenters. The number of rotatable bonds is 5. The van der Waals surface area contributed by atoms with Gasteiger partial charge in [-0.3, -0.25) is 4.79 Å². The maximum absolute atomic E-state index is 12.6. The summed E-state index contributed by atoms with van der Waals surface area (Å²) in [6.45, 7) is 4.03. The maximum atomic E-state index is 12.6. The van der Waals surface area contributed by atoms with Crippen LogP contribution in [-0.2, 0) is 0 Å². The molecule has 0 aliphatic carbocycles. The predicted molar refractivity (Wildman–Crippen MR) is 111 cm³/mol. The number of amides is 1. The summed E-state index contributed by atoms with van der Waals surface area (Å²) in [5, 5.41) is 3.32. The number of hydrogen-bond donors (Lipinski definition) is 2. The lowest BCUT2D eigenvalue weighted by Gasteiger charge is -2.10. The van der Waals surface area contributed by atoms with E-state index in [9.17, 15) is 4.79 Å². The van der Waals surface area contributed by atoms with Gasteiger partial charge in [-0.25, -0.2) is 0 Å². The van der Waals surface area contributed by atoms with E-state index in [0.717, 1.165) is 21.8 Å². The molecule has 0 spiro atoms. The summed E-state index contributed by atoms with van der Waals surface area (Å²) in [5.41, 5.74) is 4.48. The second-order valence-electron chi connectivity index (χ2n) is 6.04. The van der Waals surface area contributed by atoms with Crippen LogP contribution < -0.4 is 10.0 Å². The Morgan fingerprint density at radius 2 is 1.54 bits per heavy atom. The van der Waals surface area contributed by atoms with Crippen molar-refractivity contribution in [2.45, 2.75) is 18.7 Å². The second kappa shape index (κ2) is 8.30. The van der Waals surface area contributed by atoms with E-state index in [1.165, 1.54) is 17.5 Å². The Morgan fingerprint density at radius 1 is 0.885 bits per heavy atom. The summed E-state index contributed by atoms with van der Waals surface area (Å²) in [6.07, 6.45) is 0. The fourth-order valence-electron chi connectivity index (χ4n) is 2.49. The molecule has 0 radical (unpaired) electrons. The van der Waals surface area contributed by atoms with Crippen LogP contribution in [0.1, 0.15) is 21.5 Å². The number of nitrogens with one attached hydrogen (secondary N) is 2. The molecule has 1 amide bonds. The van der Waals surface area contributed by atoms with E-state index in [1.54, 1.807) is 12.1 Å². The zero-order valence-corrected chi connectivity index (χ0v) is 16.1. The minimum atomic E-state index is -0.224. The molecule has 0 saturated carbocycles. The van der Waals surface area contributed by atoms with Gasteiger partial charge in [0.15, 0.2) is 0 Å². The van der Waals surface area contributed by atoms with Crippen molar-refractivity contribution in [3.8, 4) is 0 Å². The summed E-state index contributed by atoms with van der Waals surface area (Å²) in [6, 6.07) is 21.2. The quantitative estimate of drug-likeness (QED) is 0.506. The van der Waals surface area contributed by atoms with Gasteiger partial charge in [0.2, 0.25) is 0 Å². The number of hydrogen-bond acceptors (Lipinski definition) is 3. The van der Waals surface area contributed by atoms with Gasteiger partial charge in [-0.1, -0.05) is 35.9 Å². The SMILES string of the molecule is Cc1cccc(NSc2ccc(Cl)c(C(=O)Nc3cccc(C)c3)c2)c1. The average molecular weight is 383 g/mol. The van der Waals surface area contributed by atoms with Gasteiger partial charge in [-0.2, -0.15) is 0 Å². The molecular weight excluding hydrogens is 364 g/mol. The molecule has 0 aromatic heterocycles. The van der Waals surface area contributed by atoms with Gasteiger partial charge in [0.25, 0.3) is 5.91 Å². The first kappa shape index (κ1) is 18.4. The highest BCUT2D eigenvalue weighted by molar-refractivity contribution is 8.00. The van der Waals surface area contributed by atoms with Crippen LogP contribution in [0.5, 0.6) is 0 Å². The predicted octanol–water partition coefficient (Wildman–Crippen LogP) is 6.33. The minimum absolute atomic E-state index is 0.224. The molecule has 0 saturated heterocycles. The van der Waals surface area contributed by atoms with Gasteiger partial charge >= 0.3 is 0 Å². The van der Waals surface area contributed by atoms with E-state index in [0.29, 0.717) is 10.6 Å². The lowest BCUT2D eigenvalue weighted by Crippen LogP contribution is -2.12. The van der Waals surface area contributed by atoms with Crippen molar-refractivity contribution < 1.29 is 4.79 Å². The molecule has 3 aromatic rings. The number of carbonyl (C=O) groups excluding carboxylic acids is 1. The first-order chi connectivity index (χ1) is 12.5. The number of halogens is 1. The van der Waals surface area contributed by atoms with Crippen LogP contribution in [0.2, 0.25) is 5.02 Å². The average Bonchev–Trinajstić information content (AvgIpc) is 2.61. The summed E-state index contributed by atoms with van der Waals surface area (Å²) in [7, 11) is 0. The summed E-state index contributed by atoms with van der Waals surface area (Å²) < 4.78 is 3.29. The van der Waals surface area contributed by atoms with Crippen LogP contribution in [-0.4, -0.2) is 5.91 Å². The molecule has 0 bridgehead atoms. The number of carbonyl (C=O) groups is 1. The molecule has 3 nitrogen and oxygen atoms in total. The highest BCUT2D eigenvalue weighted by Crippen LogP contribution is 2.27. The van der Waals surface area contributed by atoms with Gasteiger partial charge in [0, 0.05) is 16.3 Å². The molecule has 2 N–H and O–H groups in total. The van der Waals surface area contributed by atoms with Crippen LogP contribution in [0.15, 0.2) is 71.6 Å². The monoisotopic (exact) mass is 382 g/mol. The third-order valence-electron chi connectivity index (χ3n) is 3.76. The largest absolute Gasteiger partial charge is 0.326 e. The van der Waals surface area contributed by atoms with Gasteiger partial charge in [-0.05, 0) is 79.4 Å². The number of anilines is 2. The molecule has 3 aromatic carbocycles. The van der Waals surface area contributed by atoms with Crippen molar-refractivity contribution >= 4 is 40.8 Å². The first-order valence-electron chi connectivity index (χ1n) is 8.18. The lowest BCUT2D eigenvalue weighted by atomic mass is 10.2. The van der Waals surface area contributed by atoms with Gasteiger partial charge < -0.3 is 10.0 Å². The molecule has 3 rings (SSSR count). The van der Waals surface area contributed by atoms with Crippen molar-refractivity contribution in [1.29, 1.82) is 0 Å². The van der Waals surface area contributed by atoms with E-state index in [2.05, 4.69) is 16.1 Å². The standard InChI is InChI=1S/C21H19ClN2OS/c1-14-5-3-7-16(11-14)23-21(25)19-13-18(9-10-20(19)22)26-24-17-8-4-6-15(2)12-17/h3-13,24H,1-2H3,(H,23,25). The fourth-order valence-corrected chi connectivity index (χ4v) is 3.37. The molecule has 0 fully saturated rings. The van der Waals surface area contributed by atoms with Crippen molar-refractivity contribution in [3.05, 3.63) is 88.4 Å². The Morgan fingerprint density at radius 3 is 2.23 bits per heavy atom. The fraction of sp³-hybridized carbons (Fsp3) is 0.0952. The number of benzene rings is 3. The smallest absolute Gasteiger partial charge is 0.257 e. The van der Waals surface area contributed by atoms with Crippen molar-refractivity contribution in [2.75, 3.05) is 10.0 Å². The Bertz CT molecular complexity index is 943. The van der Waals surface area contributed by atoms with E-state index >= 15 is 0 Å². The molecule has 0 atom stereocenters. The highest BCUT2D eigenvalue weighted by Gasteiger charge is 2.12. The molecule has 0 heterocycles. The van der Waals surface area contributed by atoms with E-state index in [4.69, 9.17) is 11.6 Å². The van der Waals surface area contributed by atoms with E-state index in [1.807, 2.05) is 62.4 Å². The Balaban J connectivity index is 1.73. The van der Waals surface area contributed by atoms with Crippen molar-refractivity contribution in [1.82, 2.24) is 0 Å². The Kier molecular flexibility index (Phi) is 5.86. The van der Waals surface area contributed by atoms with Gasteiger partial charge in [0.05, 0.1) is 10.6 Å². The summed E-state index contributed by atoms with van der Waals surface area (Å²) in [4.78, 5) is 13.5. The normalized spacial score (nSPS) is 10.4. The third kappa shape index (κ3) is 4.81. The van der Waals surface area contributed by atoms with E-state index < -0.39 is 0 Å². The molecule has 0 aliphatic rings. The zero-order valence-electron chi connectivity index (χ0n) is 14.5. The van der Waals surface area contributed by atoms with Crippen LogP contribution >= 0.6 is 23.5 Å². The van der Waals surface area contributed by atoms with Crippen molar-refractivity contribution in [2.24, 2.45) is 0 Å². The van der Waals surface area contributed by atoms with Gasteiger partial charge in [0.1, 0.15) is 0 Å². The molecule has 5 heteroatoms. The van der Waals surface area contributed by atoms with E-state index in [-0.39, 0.29) is 5.91 Å². The van der Waals surface area contributed by atoms with Gasteiger partial charge in [-0.15, -0.1) is 0 Å². The highest BCUT2D eigenvalue weighted by atomic mass is 35.5. The number of aryl methyl sites for hydroxylation is 2. The minimum Gasteiger partial charge on any atom is -0.326 e. The van der Waals surface area contributed by atoms with Crippen LogP contribution in [0.3, 0.4) is 0 Å². The molecule has 0 aliphatic heterocycles. The summed E-state index contributed by atoms with van der Waals surface area (Å²) >= 11 is 7.68. The Labute approximate surface area is 162 Å². The summed E-state index contributed by atoms with van der Waals surface area (Å²) in [5.74, 6) is -0.224. The van der Waals surface area contributed by atoms with Crippen LogP contribution in [0.4, 0.5) is 11.4 Å². The van der Waals surface area contributed by atoms with Crippen molar-refractivity contribution in [3.63, 3.8) is 0 Å². The zero-order chi connectivity index (χ0) is 18.5. The Hall–Kier alpha value is -2.43. The molecule has 132 valence electrons. The molecule has 26 heavy (non-hydrogen) atoms. The third-order valence-corrected chi connectivity index (χ3v) is 4.92. The second-order valence-corrected chi connectivity index (χ2v) is 7.33. The first-order valence-corrected chi connectivity index (χ1v) is 9.38. The van der Waals surface area contributed by atoms with Crippen LogP contribution in [0, 0.1) is 13.8 Å². The van der Waals surface area contributed by atoms with Crippen LogP contribution in [0.25, 0.3) is 0 Å². The molecular formula is C21H19ClN2OS. The lowest BCUT2D eigenvalue weighted by molar-refractivity contribution is 0.102. The topological polar surface area (TPSA) is 41.1 Å².